The molecule has 2 unspecified atom stereocenters. The number of rotatable bonds is 6. The molecule has 16 heavy (non-hydrogen) atoms. The number of nitrogens with zero attached hydrogens (tertiary/aromatic N) is 2. The van der Waals surface area contributed by atoms with Gasteiger partial charge >= 0.3 is 0 Å². The van der Waals surface area contributed by atoms with E-state index >= 15 is 0 Å². The lowest BCUT2D eigenvalue weighted by Crippen LogP contribution is -2.31. The van der Waals surface area contributed by atoms with Gasteiger partial charge in [-0.15, -0.1) is 0 Å². The molecular weight excluding hydrogens is 218 g/mol. The van der Waals surface area contributed by atoms with Crippen LogP contribution in [0, 0.1) is 0 Å². The third kappa shape index (κ3) is 2.80. The molecule has 0 radical (unpaired) electrons. The number of hydrogen-bond donors (Lipinski definition) is 1. The lowest BCUT2D eigenvalue weighted by atomic mass is 10.0. The molecule has 1 heterocycles. The first-order chi connectivity index (χ1) is 7.72. The minimum Gasteiger partial charge on any atom is -0.314 e. The maximum atomic E-state index is 4.67. The van der Waals surface area contributed by atoms with Gasteiger partial charge in [0.2, 0.25) is 0 Å². The third-order valence-electron chi connectivity index (χ3n) is 3.26. The van der Waals surface area contributed by atoms with Crippen LogP contribution in [0.2, 0.25) is 0 Å². The van der Waals surface area contributed by atoms with E-state index in [1.807, 2.05) is 0 Å². The number of nitrogens with one attached hydrogen (secondary N) is 1. The zero-order valence-corrected chi connectivity index (χ0v) is 11.2. The van der Waals surface area contributed by atoms with Gasteiger partial charge in [0.05, 0.1) is 0 Å². The van der Waals surface area contributed by atoms with Crippen molar-refractivity contribution in [3.8, 4) is 0 Å². The molecule has 1 N–H and O–H groups in total. The second kappa shape index (κ2) is 5.23. The summed E-state index contributed by atoms with van der Waals surface area (Å²) in [7, 11) is 0. The first kappa shape index (κ1) is 12.0. The van der Waals surface area contributed by atoms with Crippen LogP contribution in [0.4, 0.5) is 0 Å². The molecule has 1 fully saturated rings. The van der Waals surface area contributed by atoms with E-state index in [0.29, 0.717) is 17.9 Å². The van der Waals surface area contributed by atoms with E-state index in [9.17, 15) is 0 Å². The van der Waals surface area contributed by atoms with E-state index < -0.39 is 0 Å². The smallest absolute Gasteiger partial charge is 0.145 e. The second-order valence-corrected chi connectivity index (χ2v) is 5.58. The summed E-state index contributed by atoms with van der Waals surface area (Å²) >= 11 is 1.59. The second-order valence-electron chi connectivity index (χ2n) is 4.80. The molecule has 1 aliphatic rings. The van der Waals surface area contributed by atoms with Gasteiger partial charge in [-0.1, -0.05) is 13.8 Å². The maximum Gasteiger partial charge on any atom is 0.145 e. The van der Waals surface area contributed by atoms with Crippen LogP contribution in [0.1, 0.15) is 62.7 Å². The average molecular weight is 239 g/mol. The highest BCUT2D eigenvalue weighted by Gasteiger charge is 2.29. The van der Waals surface area contributed by atoms with E-state index in [1.165, 1.54) is 24.3 Å². The molecule has 0 amide bonds. The van der Waals surface area contributed by atoms with Crippen molar-refractivity contribution in [2.75, 3.05) is 6.54 Å². The molecule has 0 aliphatic heterocycles. The summed E-state index contributed by atoms with van der Waals surface area (Å²) in [4.78, 5) is 4.67. The third-order valence-corrected chi connectivity index (χ3v) is 4.18. The topological polar surface area (TPSA) is 37.8 Å². The monoisotopic (exact) mass is 239 g/mol. The van der Waals surface area contributed by atoms with Crippen LogP contribution in [-0.4, -0.2) is 21.9 Å². The summed E-state index contributed by atoms with van der Waals surface area (Å²) in [5.74, 6) is 2.24. The van der Waals surface area contributed by atoms with Gasteiger partial charge in [0, 0.05) is 17.9 Å². The highest BCUT2D eigenvalue weighted by Crippen LogP contribution is 2.39. The molecule has 2 rings (SSSR count). The fourth-order valence-corrected chi connectivity index (χ4v) is 2.58. The van der Waals surface area contributed by atoms with Crippen molar-refractivity contribution in [2.45, 2.75) is 57.9 Å². The highest BCUT2D eigenvalue weighted by atomic mass is 32.1. The fourth-order valence-electron chi connectivity index (χ4n) is 1.70. The standard InChI is InChI=1S/C12H21N3S/c1-4-7-13-9(3)8(2)12-14-11(15-16-12)10-5-6-10/h8-10,13H,4-7H2,1-3H3. The molecule has 0 bridgehead atoms. The lowest BCUT2D eigenvalue weighted by Gasteiger charge is -2.18. The van der Waals surface area contributed by atoms with Crippen LogP contribution in [-0.2, 0) is 0 Å². The van der Waals surface area contributed by atoms with Crippen LogP contribution in [0.5, 0.6) is 0 Å². The van der Waals surface area contributed by atoms with Crippen LogP contribution in [0.3, 0.4) is 0 Å². The molecule has 1 saturated carbocycles. The maximum absolute atomic E-state index is 4.67. The van der Waals surface area contributed by atoms with Gasteiger partial charge in [-0.25, -0.2) is 4.98 Å². The Morgan fingerprint density at radius 1 is 1.44 bits per heavy atom. The van der Waals surface area contributed by atoms with Crippen molar-refractivity contribution in [3.05, 3.63) is 10.8 Å². The zero-order valence-electron chi connectivity index (χ0n) is 10.4. The van der Waals surface area contributed by atoms with Gasteiger partial charge in [-0.05, 0) is 44.3 Å². The van der Waals surface area contributed by atoms with Crippen molar-refractivity contribution < 1.29 is 0 Å². The number of aromatic nitrogens is 2. The van der Waals surface area contributed by atoms with Crippen LogP contribution in [0.15, 0.2) is 0 Å². The Morgan fingerprint density at radius 2 is 2.19 bits per heavy atom. The summed E-state index contributed by atoms with van der Waals surface area (Å²) in [5, 5.41) is 4.72. The van der Waals surface area contributed by atoms with Gasteiger partial charge in [0.1, 0.15) is 10.8 Å². The Kier molecular flexibility index (Phi) is 3.92. The average Bonchev–Trinajstić information content (AvgIpc) is 3.03. The molecule has 1 aliphatic carbocycles. The van der Waals surface area contributed by atoms with Gasteiger partial charge in [0.15, 0.2) is 0 Å². The molecule has 4 heteroatoms. The summed E-state index contributed by atoms with van der Waals surface area (Å²) < 4.78 is 4.46. The summed E-state index contributed by atoms with van der Waals surface area (Å²) in [6.45, 7) is 7.75. The fraction of sp³-hybridized carbons (Fsp3) is 0.833. The van der Waals surface area contributed by atoms with Gasteiger partial charge in [0.25, 0.3) is 0 Å². The Hall–Kier alpha value is -0.480. The Bertz CT molecular complexity index is 333. The molecule has 0 aromatic carbocycles. The van der Waals surface area contributed by atoms with Crippen molar-refractivity contribution >= 4 is 11.5 Å². The molecule has 0 spiro atoms. The Morgan fingerprint density at radius 3 is 2.81 bits per heavy atom. The molecule has 2 atom stereocenters. The SMILES string of the molecule is CCCNC(C)C(C)c1nc(C2CC2)ns1. The van der Waals surface area contributed by atoms with Crippen LogP contribution in [0.25, 0.3) is 0 Å². The van der Waals surface area contributed by atoms with Crippen LogP contribution < -0.4 is 5.32 Å². The molecule has 3 nitrogen and oxygen atoms in total. The van der Waals surface area contributed by atoms with Gasteiger partial charge < -0.3 is 5.32 Å². The summed E-state index contributed by atoms with van der Waals surface area (Å²) in [5.41, 5.74) is 0. The van der Waals surface area contributed by atoms with E-state index in [0.717, 1.165) is 12.4 Å². The van der Waals surface area contributed by atoms with E-state index in [1.54, 1.807) is 11.5 Å². The summed E-state index contributed by atoms with van der Waals surface area (Å²) in [6, 6.07) is 0.486. The van der Waals surface area contributed by atoms with Crippen molar-refractivity contribution in [1.82, 2.24) is 14.7 Å². The zero-order chi connectivity index (χ0) is 11.5. The molecule has 1 aromatic heterocycles. The van der Waals surface area contributed by atoms with Crippen molar-refractivity contribution in [2.24, 2.45) is 0 Å². The Balaban J connectivity index is 1.93. The molecule has 1 aromatic rings. The first-order valence-electron chi connectivity index (χ1n) is 6.29. The van der Waals surface area contributed by atoms with E-state index in [2.05, 4.69) is 35.4 Å². The first-order valence-corrected chi connectivity index (χ1v) is 7.06. The minimum atomic E-state index is 0.469. The van der Waals surface area contributed by atoms with Crippen molar-refractivity contribution in [1.29, 1.82) is 0 Å². The Labute approximate surface area is 102 Å². The van der Waals surface area contributed by atoms with Gasteiger partial charge in [-0.3, -0.25) is 0 Å². The summed E-state index contributed by atoms with van der Waals surface area (Å²) in [6.07, 6.45) is 3.75. The minimum absolute atomic E-state index is 0.469. The van der Waals surface area contributed by atoms with E-state index in [-0.39, 0.29) is 0 Å². The molecule has 90 valence electrons. The number of hydrogen-bond acceptors (Lipinski definition) is 4. The predicted molar refractivity (Wildman–Crippen MR) is 68.1 cm³/mol. The van der Waals surface area contributed by atoms with Crippen molar-refractivity contribution in [3.63, 3.8) is 0 Å². The lowest BCUT2D eigenvalue weighted by molar-refractivity contribution is 0.479. The predicted octanol–water partition coefficient (Wildman–Crippen LogP) is 2.91. The quantitative estimate of drug-likeness (QED) is 0.829. The van der Waals surface area contributed by atoms with E-state index in [4.69, 9.17) is 0 Å². The van der Waals surface area contributed by atoms with Gasteiger partial charge in [-0.2, -0.15) is 4.37 Å². The van der Waals surface area contributed by atoms with Crippen LogP contribution >= 0.6 is 11.5 Å². The highest BCUT2D eigenvalue weighted by molar-refractivity contribution is 7.05. The largest absolute Gasteiger partial charge is 0.314 e. The molecular formula is C12H21N3S. The molecule has 0 saturated heterocycles. The normalized spacial score (nSPS) is 19.7.